The highest BCUT2D eigenvalue weighted by Gasteiger charge is 2.05. The van der Waals surface area contributed by atoms with Crippen molar-refractivity contribution >= 4 is 16.8 Å². The van der Waals surface area contributed by atoms with Gasteiger partial charge in [-0.15, -0.1) is 0 Å². The summed E-state index contributed by atoms with van der Waals surface area (Å²) in [7, 11) is 0. The fourth-order valence-corrected chi connectivity index (χ4v) is 1.87. The van der Waals surface area contributed by atoms with Crippen LogP contribution in [0.1, 0.15) is 12.1 Å². The Hall–Kier alpha value is -1.77. The predicted molar refractivity (Wildman–Crippen MR) is 60.5 cm³/mol. The van der Waals surface area contributed by atoms with Crippen molar-refractivity contribution in [3.8, 4) is 0 Å². The summed E-state index contributed by atoms with van der Waals surface area (Å²) in [5.74, 6) is -0.257. The lowest BCUT2D eigenvalue weighted by molar-refractivity contribution is -0.118. The minimum Gasteiger partial charge on any atom is -0.370 e. The Kier molecular flexibility index (Phi) is 2.46. The first-order chi connectivity index (χ1) is 7.18. The normalized spacial score (nSPS) is 10.7. The summed E-state index contributed by atoms with van der Waals surface area (Å²) in [5, 5.41) is 1.21. The third-order valence-electron chi connectivity index (χ3n) is 2.60. The van der Waals surface area contributed by atoms with Gasteiger partial charge >= 0.3 is 0 Å². The quantitative estimate of drug-likeness (QED) is 0.811. The largest absolute Gasteiger partial charge is 0.370 e. The molecule has 3 nitrogen and oxygen atoms in total. The van der Waals surface area contributed by atoms with Crippen LogP contribution in [0.3, 0.4) is 0 Å². The number of amides is 1. The fourth-order valence-electron chi connectivity index (χ4n) is 1.87. The van der Waals surface area contributed by atoms with E-state index in [1.807, 2.05) is 19.1 Å². The average Bonchev–Trinajstić information content (AvgIpc) is 2.50. The zero-order valence-corrected chi connectivity index (χ0v) is 8.73. The Morgan fingerprint density at radius 2 is 2.13 bits per heavy atom. The molecule has 0 radical (unpaired) electrons. The zero-order chi connectivity index (χ0) is 10.8. The van der Waals surface area contributed by atoms with Crippen LogP contribution in [0.15, 0.2) is 30.3 Å². The van der Waals surface area contributed by atoms with E-state index in [9.17, 15) is 4.79 Å². The van der Waals surface area contributed by atoms with Crippen LogP contribution >= 0.6 is 0 Å². The predicted octanol–water partition coefficient (Wildman–Crippen LogP) is 1.83. The standard InChI is InChI=1S/C12H14N2O/c1-9-8-10-4-2-3-5-11(10)14(9)7-6-12(13)15/h2-5,8H,6-7H2,1H3,(H2,13,15). The third kappa shape index (κ3) is 1.86. The number of nitrogens with two attached hydrogens (primary N) is 1. The molecular formula is C12H14N2O. The van der Waals surface area contributed by atoms with Gasteiger partial charge in [0.2, 0.25) is 5.91 Å². The highest BCUT2D eigenvalue weighted by molar-refractivity contribution is 5.81. The van der Waals surface area contributed by atoms with Crippen LogP contribution in [0.4, 0.5) is 0 Å². The molecule has 1 amide bonds. The summed E-state index contributed by atoms with van der Waals surface area (Å²) >= 11 is 0. The van der Waals surface area contributed by atoms with Crippen LogP contribution in [0.5, 0.6) is 0 Å². The molecule has 0 saturated carbocycles. The van der Waals surface area contributed by atoms with Crippen LogP contribution in [0.2, 0.25) is 0 Å². The molecular weight excluding hydrogens is 188 g/mol. The van der Waals surface area contributed by atoms with Crippen molar-refractivity contribution in [2.75, 3.05) is 0 Å². The van der Waals surface area contributed by atoms with Gasteiger partial charge in [0.15, 0.2) is 0 Å². The first-order valence-electron chi connectivity index (χ1n) is 5.01. The molecule has 2 N–H and O–H groups in total. The second-order valence-corrected chi connectivity index (χ2v) is 3.71. The number of primary amides is 1. The smallest absolute Gasteiger partial charge is 0.219 e. The molecule has 3 heteroatoms. The van der Waals surface area contributed by atoms with E-state index in [0.29, 0.717) is 13.0 Å². The molecule has 1 aromatic carbocycles. The minimum atomic E-state index is -0.257. The van der Waals surface area contributed by atoms with E-state index in [1.54, 1.807) is 0 Å². The van der Waals surface area contributed by atoms with E-state index in [1.165, 1.54) is 5.39 Å². The third-order valence-corrected chi connectivity index (χ3v) is 2.60. The molecule has 1 heterocycles. The van der Waals surface area contributed by atoms with Gasteiger partial charge in [0.1, 0.15) is 0 Å². The van der Waals surface area contributed by atoms with Gasteiger partial charge in [-0.05, 0) is 24.4 Å². The topological polar surface area (TPSA) is 48.0 Å². The van der Waals surface area contributed by atoms with E-state index < -0.39 is 0 Å². The number of aryl methyl sites for hydroxylation is 2. The lowest BCUT2D eigenvalue weighted by Crippen LogP contribution is -2.14. The molecule has 0 atom stereocenters. The maximum absolute atomic E-state index is 10.8. The molecule has 2 aromatic rings. The van der Waals surface area contributed by atoms with Gasteiger partial charge in [-0.3, -0.25) is 4.79 Å². The Morgan fingerprint density at radius 1 is 1.40 bits per heavy atom. The number of carbonyl (C=O) groups excluding carboxylic acids is 1. The van der Waals surface area contributed by atoms with Crippen molar-refractivity contribution in [1.29, 1.82) is 0 Å². The first kappa shape index (κ1) is 9.77. The number of aromatic nitrogens is 1. The summed E-state index contributed by atoms with van der Waals surface area (Å²) in [5.41, 5.74) is 7.48. The van der Waals surface area contributed by atoms with Gasteiger partial charge in [-0.1, -0.05) is 18.2 Å². The lowest BCUT2D eigenvalue weighted by Gasteiger charge is -2.05. The Morgan fingerprint density at radius 3 is 2.87 bits per heavy atom. The van der Waals surface area contributed by atoms with E-state index in [0.717, 1.165) is 11.2 Å². The second kappa shape index (κ2) is 3.77. The molecule has 15 heavy (non-hydrogen) atoms. The van der Waals surface area contributed by atoms with Crippen molar-refractivity contribution < 1.29 is 4.79 Å². The molecule has 0 aliphatic heterocycles. The molecule has 0 unspecified atom stereocenters. The van der Waals surface area contributed by atoms with E-state index >= 15 is 0 Å². The minimum absolute atomic E-state index is 0.257. The molecule has 0 aliphatic carbocycles. The van der Waals surface area contributed by atoms with E-state index in [-0.39, 0.29) is 5.91 Å². The van der Waals surface area contributed by atoms with Crippen molar-refractivity contribution in [3.63, 3.8) is 0 Å². The number of rotatable bonds is 3. The number of hydrogen-bond donors (Lipinski definition) is 1. The summed E-state index contributed by atoms with van der Waals surface area (Å²) in [6.07, 6.45) is 0.388. The van der Waals surface area contributed by atoms with Crippen molar-refractivity contribution in [3.05, 3.63) is 36.0 Å². The molecule has 0 aliphatic rings. The van der Waals surface area contributed by atoms with Gasteiger partial charge in [0.05, 0.1) is 0 Å². The molecule has 0 fully saturated rings. The van der Waals surface area contributed by atoms with Crippen LogP contribution < -0.4 is 5.73 Å². The van der Waals surface area contributed by atoms with Gasteiger partial charge in [-0.2, -0.15) is 0 Å². The van der Waals surface area contributed by atoms with Gasteiger partial charge in [-0.25, -0.2) is 0 Å². The van der Waals surface area contributed by atoms with Crippen molar-refractivity contribution in [2.45, 2.75) is 19.9 Å². The summed E-state index contributed by atoms with van der Waals surface area (Å²) in [6.45, 7) is 2.70. The monoisotopic (exact) mass is 202 g/mol. The number of benzene rings is 1. The lowest BCUT2D eigenvalue weighted by atomic mass is 10.2. The van der Waals surface area contributed by atoms with Gasteiger partial charge < -0.3 is 10.3 Å². The molecule has 0 spiro atoms. The highest BCUT2D eigenvalue weighted by atomic mass is 16.1. The Labute approximate surface area is 88.5 Å². The number of carbonyl (C=O) groups is 1. The van der Waals surface area contributed by atoms with Crippen LogP contribution in [-0.4, -0.2) is 10.5 Å². The Bertz CT molecular complexity index is 499. The molecule has 1 aromatic heterocycles. The molecule has 0 bridgehead atoms. The van der Waals surface area contributed by atoms with Crippen molar-refractivity contribution in [1.82, 2.24) is 4.57 Å². The number of nitrogens with zero attached hydrogens (tertiary/aromatic N) is 1. The van der Waals surface area contributed by atoms with Gasteiger partial charge in [0, 0.05) is 24.2 Å². The fraction of sp³-hybridized carbons (Fsp3) is 0.250. The highest BCUT2D eigenvalue weighted by Crippen LogP contribution is 2.19. The second-order valence-electron chi connectivity index (χ2n) is 3.71. The average molecular weight is 202 g/mol. The van der Waals surface area contributed by atoms with Gasteiger partial charge in [0.25, 0.3) is 0 Å². The summed E-state index contributed by atoms with van der Waals surface area (Å²) < 4.78 is 2.13. The van der Waals surface area contributed by atoms with Crippen molar-refractivity contribution in [2.24, 2.45) is 5.73 Å². The maximum atomic E-state index is 10.8. The maximum Gasteiger partial charge on any atom is 0.219 e. The summed E-state index contributed by atoms with van der Waals surface area (Å²) in [4.78, 5) is 10.8. The van der Waals surface area contributed by atoms with Crippen LogP contribution in [0.25, 0.3) is 10.9 Å². The first-order valence-corrected chi connectivity index (χ1v) is 5.01. The number of hydrogen-bond acceptors (Lipinski definition) is 1. The SMILES string of the molecule is Cc1cc2ccccc2n1CCC(N)=O. The van der Waals surface area contributed by atoms with E-state index in [2.05, 4.69) is 22.8 Å². The molecule has 2 rings (SSSR count). The van der Waals surface area contributed by atoms with Crippen LogP contribution in [-0.2, 0) is 11.3 Å². The Balaban J connectivity index is 2.40. The number of fused-ring (bicyclic) bond motifs is 1. The molecule has 0 saturated heterocycles. The summed E-state index contributed by atoms with van der Waals surface area (Å²) in [6, 6.07) is 10.3. The van der Waals surface area contributed by atoms with Crippen LogP contribution in [0, 0.1) is 6.92 Å². The molecule has 78 valence electrons. The zero-order valence-electron chi connectivity index (χ0n) is 8.73. The number of para-hydroxylation sites is 1. The van der Waals surface area contributed by atoms with E-state index in [4.69, 9.17) is 5.73 Å².